The Kier molecular flexibility index (Phi) is 23.9. The van der Waals surface area contributed by atoms with Crippen LogP contribution in [0.1, 0.15) is 98.5 Å². The molecule has 510 valence electrons. The van der Waals surface area contributed by atoms with Crippen molar-refractivity contribution in [2.24, 2.45) is 0 Å². The van der Waals surface area contributed by atoms with Crippen LogP contribution < -0.4 is 21.4 Å². The van der Waals surface area contributed by atoms with Crippen molar-refractivity contribution < 1.29 is 55.6 Å². The molecular weight excluding hydrogens is 1420 g/mol. The average molecular weight is 1490 g/mol. The third kappa shape index (κ3) is 15.8. The summed E-state index contributed by atoms with van der Waals surface area (Å²) in [6.45, 7) is 11.7. The minimum absolute atomic E-state index is 0. The van der Waals surface area contributed by atoms with E-state index in [4.69, 9.17) is 32.5 Å². The van der Waals surface area contributed by atoms with Crippen molar-refractivity contribution >= 4 is 161 Å². The standard InChI is InChI=1S/C31H28ClF2N5O3.C29H32BF2N3O5.C9H9BrClN.S2.H2S/c1-17(40)30-22-6-2-3-8-24(22)39(37-30)16-27(42)38-15-19(33)14-25(38)26(41)13-18-5-4-7-21(29(18)34)20-9-10-23-31(28(20)32)36-12-11-35-23;1-17(36)27-20-10-6-7-12-22(20)35(33-27)16-25(38)34-15-19(31)14-23(34)24(37)13-18-9-8-11-21(26(18)32)30-39-28(2,3)29(4,5)40-30;10-7-3-4-8-6(9(7)11)2-1-5-12-8;1-2;/h2-10,19,25,35-36H,11-16H2,1H3;6-12,19,23H,13-16H2,1-5H3;3-4,12H,1-2,5H2;;1H2/t19-,25+;19-,23+;;;/m11.../s1. The monoisotopic (exact) mass is 1490 g/mol. The Morgan fingerprint density at radius 3 is 1.64 bits per heavy atom. The minimum Gasteiger partial charge on any atom is -0.399 e. The molecule has 17 nitrogen and oxygen atoms in total. The molecule has 3 saturated heterocycles. The predicted molar refractivity (Wildman–Crippen MR) is 384 cm³/mol. The number of fused-ring (bicyclic) bond motifs is 4. The number of alkyl halides is 2. The van der Waals surface area contributed by atoms with Crippen LogP contribution in [0.2, 0.25) is 10.0 Å². The molecular formula is C69H71BBrCl2F4N9O8S3. The smallest absolute Gasteiger partial charge is 0.399 e. The molecule has 0 aliphatic carbocycles. The second-order valence-corrected chi connectivity index (χ2v) is 26.7. The van der Waals surface area contributed by atoms with E-state index in [1.165, 1.54) is 62.8 Å². The molecule has 3 fully saturated rings. The van der Waals surface area contributed by atoms with Crippen LogP contribution in [0.5, 0.6) is 0 Å². The van der Waals surface area contributed by atoms with Crippen LogP contribution >= 0.6 is 52.6 Å². The summed E-state index contributed by atoms with van der Waals surface area (Å²) in [5, 5.41) is 20.9. The molecule has 13 rings (SSSR count). The third-order valence-corrected chi connectivity index (χ3v) is 19.9. The number of carbonyl (C=O) groups excluding carboxylic acids is 6. The number of anilines is 3. The Balaban J connectivity index is 0.000000188. The molecule has 0 bridgehead atoms. The molecule has 0 saturated carbocycles. The number of nitrogens with zero attached hydrogens (tertiary/aromatic N) is 6. The fourth-order valence-electron chi connectivity index (χ4n) is 12.6. The van der Waals surface area contributed by atoms with E-state index in [-0.39, 0.29) is 110 Å². The fraction of sp³-hybridized carbons (Fsp3) is 0.362. The second-order valence-electron chi connectivity index (χ2n) is 25.0. The van der Waals surface area contributed by atoms with Gasteiger partial charge in [0.05, 0.1) is 68.8 Å². The average Bonchev–Trinajstić information content (AvgIpc) is 1.72. The van der Waals surface area contributed by atoms with Gasteiger partial charge in [-0.05, 0) is 103 Å². The van der Waals surface area contributed by atoms with Gasteiger partial charge in [-0.1, -0.05) is 102 Å². The predicted octanol–water partition coefficient (Wildman–Crippen LogP) is 12.3. The van der Waals surface area contributed by atoms with Crippen molar-refractivity contribution in [2.45, 2.75) is 129 Å². The van der Waals surface area contributed by atoms with E-state index in [2.05, 4.69) is 70.5 Å². The van der Waals surface area contributed by atoms with Crippen LogP contribution in [0.15, 0.2) is 114 Å². The van der Waals surface area contributed by atoms with E-state index in [1.54, 1.807) is 78.9 Å². The molecule has 5 aliphatic rings. The summed E-state index contributed by atoms with van der Waals surface area (Å²) in [6.07, 6.45) is -1.50. The topological polar surface area (TPSA) is 199 Å². The molecule has 7 heterocycles. The Morgan fingerprint density at radius 2 is 1.10 bits per heavy atom. The molecule has 8 aromatic rings. The lowest BCUT2D eigenvalue weighted by molar-refractivity contribution is -0.138. The molecule has 0 unspecified atom stereocenters. The number of hydrogen-bond donors (Lipinski definition) is 3. The molecule has 2 aromatic heterocycles. The minimum atomic E-state index is -1.39. The molecule has 0 radical (unpaired) electrons. The fourth-order valence-corrected chi connectivity index (χ4v) is 13.6. The summed E-state index contributed by atoms with van der Waals surface area (Å²) in [5.41, 5.74) is 5.43. The quantitative estimate of drug-likeness (QED) is 0.0527. The highest BCUT2D eigenvalue weighted by Crippen LogP contribution is 2.42. The number of likely N-dealkylation sites (tertiary alicyclic amines) is 2. The van der Waals surface area contributed by atoms with Crippen LogP contribution in [-0.2, 0) is 83.2 Å². The number of ketones is 4. The van der Waals surface area contributed by atoms with E-state index in [0.717, 1.165) is 34.7 Å². The van der Waals surface area contributed by atoms with Gasteiger partial charge in [0.15, 0.2) is 23.1 Å². The number of amides is 2. The maximum Gasteiger partial charge on any atom is 0.497 e. The number of halogens is 7. The van der Waals surface area contributed by atoms with Crippen molar-refractivity contribution in [3.63, 3.8) is 0 Å². The Bertz CT molecular complexity index is 4340. The number of para-hydroxylation sites is 2. The van der Waals surface area contributed by atoms with E-state index in [1.807, 2.05) is 39.8 Å². The molecule has 5 aliphatic heterocycles. The number of nitrogens with one attached hydrogen (secondary N) is 3. The van der Waals surface area contributed by atoms with Gasteiger partial charge in [0.25, 0.3) is 0 Å². The molecule has 6 aromatic carbocycles. The molecule has 4 atom stereocenters. The van der Waals surface area contributed by atoms with Gasteiger partial charge in [-0.15, -0.1) is 0 Å². The van der Waals surface area contributed by atoms with Crippen molar-refractivity contribution in [1.82, 2.24) is 29.4 Å². The van der Waals surface area contributed by atoms with Gasteiger partial charge in [0.2, 0.25) is 11.8 Å². The van der Waals surface area contributed by atoms with Crippen molar-refractivity contribution in [3.8, 4) is 11.1 Å². The van der Waals surface area contributed by atoms with Crippen molar-refractivity contribution in [2.75, 3.05) is 48.7 Å². The first-order chi connectivity index (χ1) is 45.8. The zero-order valence-corrected chi connectivity index (χ0v) is 59.6. The number of rotatable bonds is 14. The normalized spacial score (nSPS) is 18.7. The van der Waals surface area contributed by atoms with E-state index >= 15 is 8.78 Å². The Morgan fingerprint density at radius 1 is 0.619 bits per heavy atom. The van der Waals surface area contributed by atoms with Crippen LogP contribution in [-0.4, -0.2) is 140 Å². The summed E-state index contributed by atoms with van der Waals surface area (Å²) < 4.78 is 76.3. The van der Waals surface area contributed by atoms with Crippen LogP contribution in [0.4, 0.5) is 34.6 Å². The zero-order chi connectivity index (χ0) is 69.1. The van der Waals surface area contributed by atoms with Gasteiger partial charge >= 0.3 is 7.12 Å². The van der Waals surface area contributed by atoms with Crippen molar-refractivity contribution in [3.05, 3.63) is 163 Å². The number of Topliss-reactive ketones (excluding diaryl/α,β-unsaturated/α-hetero) is 4. The molecule has 97 heavy (non-hydrogen) atoms. The molecule has 28 heteroatoms. The van der Waals surface area contributed by atoms with E-state index < -0.39 is 77.8 Å². The lowest BCUT2D eigenvalue weighted by atomic mass is 9.77. The highest BCUT2D eigenvalue weighted by Gasteiger charge is 2.53. The van der Waals surface area contributed by atoms with Crippen LogP contribution in [0.3, 0.4) is 0 Å². The number of carbonyl (C=O) groups is 6. The molecule has 0 spiro atoms. The van der Waals surface area contributed by atoms with Gasteiger partial charge in [-0.2, -0.15) is 23.7 Å². The van der Waals surface area contributed by atoms with Gasteiger partial charge in [-0.25, -0.2) is 17.6 Å². The highest BCUT2D eigenvalue weighted by molar-refractivity contribution is 9.10. The lowest BCUT2D eigenvalue weighted by Crippen LogP contribution is -2.43. The Hall–Kier alpha value is -7.17. The van der Waals surface area contributed by atoms with E-state index in [9.17, 15) is 37.5 Å². The number of benzene rings is 6. The van der Waals surface area contributed by atoms with Gasteiger partial charge in [0.1, 0.15) is 48.5 Å². The Labute approximate surface area is 594 Å². The largest absolute Gasteiger partial charge is 0.497 e. The second kappa shape index (κ2) is 31.4. The first-order valence-electron chi connectivity index (χ1n) is 31.2. The summed E-state index contributed by atoms with van der Waals surface area (Å²) in [5.74, 6) is -3.65. The maximum absolute atomic E-state index is 15.8. The van der Waals surface area contributed by atoms with Gasteiger partial charge < -0.3 is 35.1 Å². The van der Waals surface area contributed by atoms with Crippen LogP contribution in [0.25, 0.3) is 32.9 Å². The van der Waals surface area contributed by atoms with Gasteiger partial charge in [-0.3, -0.25) is 38.1 Å². The van der Waals surface area contributed by atoms with Crippen LogP contribution in [0, 0.1) is 11.6 Å². The van der Waals surface area contributed by atoms with Crippen molar-refractivity contribution in [1.29, 1.82) is 0 Å². The summed E-state index contributed by atoms with van der Waals surface area (Å²) in [4.78, 5) is 80.1. The van der Waals surface area contributed by atoms with E-state index in [0.29, 0.717) is 44.6 Å². The third-order valence-electron chi connectivity index (χ3n) is 18.2. The SMILES string of the molecule is CC(=O)c1nn(CC(=O)N2C[C@H](F)C[C@H]2C(=O)Cc2cccc(-c3ccc4c(c3Cl)NCCN4)c2F)c2ccccc12.CC(=O)c1nn(CC(=O)N2C[C@H](F)C[C@H]2C(=O)Cc2cccc(B3OC(C)(C)C(C)(C)O3)c2F)c2ccccc12.Clc1c(Br)ccc2c1CCCN2.S.S=S. The zero-order valence-electron chi connectivity index (χ0n) is 53.9. The molecule has 3 N–H and O–H groups in total. The molecule has 2 amide bonds. The first-order valence-corrected chi connectivity index (χ1v) is 34.1. The number of aromatic nitrogens is 4. The maximum atomic E-state index is 15.8. The first kappa shape index (κ1) is 74.1. The highest BCUT2D eigenvalue weighted by atomic mass is 79.9. The van der Waals surface area contributed by atoms with Gasteiger partial charge in [0, 0.05) is 119 Å². The summed E-state index contributed by atoms with van der Waals surface area (Å²) in [7, 11) is -0.941. The lowest BCUT2D eigenvalue weighted by Gasteiger charge is -2.32. The summed E-state index contributed by atoms with van der Waals surface area (Å²) >= 11 is 23.5. The number of hydrogen-bond acceptors (Lipinski definition) is 15. The summed E-state index contributed by atoms with van der Waals surface area (Å²) in [6, 6.07) is 29.0.